The van der Waals surface area contributed by atoms with Crippen molar-refractivity contribution in [2.75, 3.05) is 36.9 Å². The molecule has 0 atom stereocenters. The molecular weight excluding hydrogens is 502 g/mol. The fourth-order valence-electron chi connectivity index (χ4n) is 4.50. The van der Waals surface area contributed by atoms with E-state index in [1.165, 1.54) is 0 Å². The van der Waals surface area contributed by atoms with Crippen molar-refractivity contribution in [1.82, 2.24) is 10.6 Å². The first-order valence-corrected chi connectivity index (χ1v) is 13.4. The van der Waals surface area contributed by atoms with Crippen LogP contribution < -0.4 is 20.9 Å². The van der Waals surface area contributed by atoms with Crippen molar-refractivity contribution < 1.29 is 14.3 Å². The van der Waals surface area contributed by atoms with Crippen LogP contribution >= 0.6 is 11.6 Å². The quantitative estimate of drug-likeness (QED) is 0.296. The highest BCUT2D eigenvalue weighted by molar-refractivity contribution is 6.32. The van der Waals surface area contributed by atoms with Gasteiger partial charge in [-0.1, -0.05) is 11.6 Å². The second kappa shape index (κ2) is 13.5. The van der Waals surface area contributed by atoms with E-state index in [-0.39, 0.29) is 24.5 Å². The average molecular weight is 540 g/mol. The van der Waals surface area contributed by atoms with Gasteiger partial charge in [0.25, 0.3) is 5.91 Å². The van der Waals surface area contributed by atoms with Gasteiger partial charge in [-0.05, 0) is 88.9 Å². The smallest absolute Gasteiger partial charge is 0.320 e. The Morgan fingerprint density at radius 3 is 2.37 bits per heavy atom. The second-order valence-corrected chi connectivity index (χ2v) is 11.0. The number of ether oxygens (including phenoxy) is 1. The van der Waals surface area contributed by atoms with Crippen LogP contribution in [-0.4, -0.2) is 56.2 Å². The first-order chi connectivity index (χ1) is 18.1. The first-order valence-electron chi connectivity index (χ1n) is 13.1. The predicted octanol–water partition coefficient (Wildman–Crippen LogP) is 4.73. The van der Waals surface area contributed by atoms with Gasteiger partial charge in [-0.15, -0.1) is 0 Å². The van der Waals surface area contributed by atoms with E-state index in [0.717, 1.165) is 37.1 Å². The van der Waals surface area contributed by atoms with Gasteiger partial charge in [0.05, 0.1) is 17.1 Å². The van der Waals surface area contributed by atoms with Gasteiger partial charge < -0.3 is 25.6 Å². The maximum absolute atomic E-state index is 12.8. The van der Waals surface area contributed by atoms with Crippen molar-refractivity contribution in [2.45, 2.75) is 64.1 Å². The van der Waals surface area contributed by atoms with E-state index >= 15 is 0 Å². The summed E-state index contributed by atoms with van der Waals surface area (Å²) in [7, 11) is 2.05. The number of anilines is 2. The number of halogens is 1. The number of carbonyl (C=O) groups is 2. The van der Waals surface area contributed by atoms with Crippen LogP contribution in [0.4, 0.5) is 11.4 Å². The molecule has 1 saturated carbocycles. The van der Waals surface area contributed by atoms with E-state index in [4.69, 9.17) is 21.6 Å². The highest BCUT2D eigenvalue weighted by atomic mass is 35.5. The standard InChI is InChI=1S/C29H38ClN5O3/c1-29(2,3)38-27(36)19-32-15-16-33-22-8-5-20(6-9-22)28(37)34-23-10-13-24(14-11-23)35(4)25-12-7-21(18-31)26(30)17-25/h5-9,12,17,23-24,32-33H,10-11,13-16,19H2,1-4H3,(H,34,37). The number of amides is 1. The minimum absolute atomic E-state index is 0.0637. The first kappa shape index (κ1) is 29.3. The van der Waals surface area contributed by atoms with Crippen LogP contribution in [0.5, 0.6) is 0 Å². The Balaban J connectivity index is 1.37. The van der Waals surface area contributed by atoms with Gasteiger partial charge in [-0.2, -0.15) is 5.26 Å². The number of rotatable bonds is 10. The molecule has 0 unspecified atom stereocenters. The van der Waals surface area contributed by atoms with Gasteiger partial charge in [0.15, 0.2) is 0 Å². The lowest BCUT2D eigenvalue weighted by molar-refractivity contribution is -0.153. The van der Waals surface area contributed by atoms with Crippen LogP contribution in [0.2, 0.25) is 5.02 Å². The summed E-state index contributed by atoms with van der Waals surface area (Å²) in [6, 6.07) is 15.5. The lowest BCUT2D eigenvalue weighted by Crippen LogP contribution is -2.42. The van der Waals surface area contributed by atoms with Gasteiger partial charge in [0.2, 0.25) is 0 Å². The summed E-state index contributed by atoms with van der Waals surface area (Å²) in [6.45, 7) is 6.95. The molecule has 1 amide bonds. The van der Waals surface area contributed by atoms with E-state index in [9.17, 15) is 9.59 Å². The normalized spacial score (nSPS) is 17.3. The molecule has 0 aliphatic heterocycles. The Labute approximate surface area is 230 Å². The molecule has 1 aliphatic carbocycles. The minimum atomic E-state index is -0.483. The lowest BCUT2D eigenvalue weighted by atomic mass is 9.90. The molecule has 1 aliphatic rings. The Bertz CT molecular complexity index is 1130. The number of nitriles is 1. The number of nitrogens with zero attached hydrogens (tertiary/aromatic N) is 2. The van der Waals surface area contributed by atoms with Gasteiger partial charge in [-0.3, -0.25) is 9.59 Å². The zero-order valence-corrected chi connectivity index (χ0v) is 23.4. The van der Waals surface area contributed by atoms with Crippen LogP contribution in [0, 0.1) is 11.3 Å². The van der Waals surface area contributed by atoms with Crippen molar-refractivity contribution in [3.63, 3.8) is 0 Å². The largest absolute Gasteiger partial charge is 0.459 e. The molecule has 3 rings (SSSR count). The Kier molecular flexibility index (Phi) is 10.4. The summed E-state index contributed by atoms with van der Waals surface area (Å²) in [5.41, 5.74) is 2.53. The van der Waals surface area contributed by atoms with Crippen molar-refractivity contribution in [1.29, 1.82) is 5.26 Å². The van der Waals surface area contributed by atoms with E-state index in [1.807, 2.05) is 64.2 Å². The van der Waals surface area contributed by atoms with Gasteiger partial charge >= 0.3 is 5.97 Å². The van der Waals surface area contributed by atoms with E-state index < -0.39 is 5.60 Å². The van der Waals surface area contributed by atoms with Crippen LogP contribution in [-0.2, 0) is 9.53 Å². The highest BCUT2D eigenvalue weighted by Gasteiger charge is 2.26. The minimum Gasteiger partial charge on any atom is -0.459 e. The van der Waals surface area contributed by atoms with Crippen LogP contribution in [0.3, 0.4) is 0 Å². The maximum atomic E-state index is 12.8. The number of esters is 1. The Morgan fingerprint density at radius 1 is 1.08 bits per heavy atom. The number of nitrogens with one attached hydrogen (secondary N) is 3. The molecule has 3 N–H and O–H groups in total. The topological polar surface area (TPSA) is 106 Å². The molecule has 2 aromatic carbocycles. The van der Waals surface area contributed by atoms with E-state index in [1.54, 1.807) is 6.07 Å². The molecule has 38 heavy (non-hydrogen) atoms. The van der Waals surface area contributed by atoms with Gasteiger partial charge in [-0.25, -0.2) is 0 Å². The van der Waals surface area contributed by atoms with Crippen molar-refractivity contribution in [3.05, 3.63) is 58.6 Å². The fraction of sp³-hybridized carbons (Fsp3) is 0.483. The SMILES string of the molecule is CN(c1ccc(C#N)c(Cl)c1)C1CCC(NC(=O)c2ccc(NCCNCC(=O)OC(C)(C)C)cc2)CC1. The second-order valence-electron chi connectivity index (χ2n) is 10.6. The van der Waals surface area contributed by atoms with Crippen LogP contribution in [0.15, 0.2) is 42.5 Å². The maximum Gasteiger partial charge on any atom is 0.320 e. The molecule has 204 valence electrons. The molecule has 1 fully saturated rings. The third kappa shape index (κ3) is 8.93. The lowest BCUT2D eigenvalue weighted by Gasteiger charge is -2.36. The van der Waals surface area contributed by atoms with Crippen molar-refractivity contribution in [3.8, 4) is 6.07 Å². The highest BCUT2D eigenvalue weighted by Crippen LogP contribution is 2.29. The molecular formula is C29H38ClN5O3. The molecule has 2 aromatic rings. The van der Waals surface area contributed by atoms with Crippen molar-refractivity contribution >= 4 is 34.9 Å². The summed E-state index contributed by atoms with van der Waals surface area (Å²) in [6.07, 6.45) is 3.73. The van der Waals surface area contributed by atoms with Crippen LogP contribution in [0.1, 0.15) is 62.4 Å². The van der Waals surface area contributed by atoms with Gasteiger partial charge in [0.1, 0.15) is 11.7 Å². The zero-order chi connectivity index (χ0) is 27.7. The number of benzene rings is 2. The molecule has 0 bridgehead atoms. The number of hydrogen-bond donors (Lipinski definition) is 3. The molecule has 0 radical (unpaired) electrons. The van der Waals surface area contributed by atoms with Crippen LogP contribution in [0.25, 0.3) is 0 Å². The third-order valence-electron chi connectivity index (χ3n) is 6.53. The Morgan fingerprint density at radius 2 is 1.76 bits per heavy atom. The molecule has 8 nitrogen and oxygen atoms in total. The summed E-state index contributed by atoms with van der Waals surface area (Å²) in [5.74, 6) is -0.337. The summed E-state index contributed by atoms with van der Waals surface area (Å²) in [5, 5.41) is 19.1. The molecule has 0 heterocycles. The average Bonchev–Trinajstić information content (AvgIpc) is 2.87. The molecule has 0 aromatic heterocycles. The van der Waals surface area contributed by atoms with E-state index in [2.05, 4.69) is 26.9 Å². The number of carbonyl (C=O) groups excluding carboxylic acids is 2. The summed E-state index contributed by atoms with van der Waals surface area (Å²) in [4.78, 5) is 26.7. The van der Waals surface area contributed by atoms with E-state index in [0.29, 0.717) is 35.3 Å². The summed E-state index contributed by atoms with van der Waals surface area (Å²) < 4.78 is 5.26. The number of hydrogen-bond acceptors (Lipinski definition) is 7. The zero-order valence-electron chi connectivity index (χ0n) is 22.6. The Hall–Kier alpha value is -3.28. The monoisotopic (exact) mass is 539 g/mol. The van der Waals surface area contributed by atoms with Gasteiger partial charge in [0, 0.05) is 49.2 Å². The fourth-order valence-corrected chi connectivity index (χ4v) is 4.72. The molecule has 9 heteroatoms. The van der Waals surface area contributed by atoms with Crippen molar-refractivity contribution in [2.24, 2.45) is 0 Å². The molecule has 0 spiro atoms. The third-order valence-corrected chi connectivity index (χ3v) is 6.84. The molecule has 0 saturated heterocycles. The predicted molar refractivity (Wildman–Crippen MR) is 152 cm³/mol. The summed E-state index contributed by atoms with van der Waals surface area (Å²) >= 11 is 6.21.